The molecule has 1 saturated carbocycles. The molecule has 6 heterocycles. The molecule has 0 unspecified atom stereocenters. The highest BCUT2D eigenvalue weighted by atomic mass is 79.9. The van der Waals surface area contributed by atoms with Gasteiger partial charge in [0.15, 0.2) is 11.6 Å². The molecule has 5 fully saturated rings. The number of anilines is 2. The minimum Gasteiger partial charge on any atom is -0.371 e. The fourth-order valence-corrected chi connectivity index (χ4v) is 11.9. The van der Waals surface area contributed by atoms with E-state index in [9.17, 15) is 19.2 Å². The van der Waals surface area contributed by atoms with Crippen molar-refractivity contribution in [2.24, 2.45) is 11.8 Å². The average molecular weight is 868 g/mol. The number of likely N-dealkylation sites (tertiary alicyclic amines) is 2. The number of rotatable bonds is 6. The highest BCUT2D eigenvalue weighted by Gasteiger charge is 2.47. The summed E-state index contributed by atoms with van der Waals surface area (Å²) in [7, 11) is 0. The molecule has 0 bridgehead atoms. The number of halogens is 3. The van der Waals surface area contributed by atoms with Crippen molar-refractivity contribution >= 4 is 55.9 Å². The Morgan fingerprint density at radius 1 is 0.831 bits per heavy atom. The maximum absolute atomic E-state index is 15.3. The molecular formula is C46H49BrF2N6O4. The predicted octanol–water partition coefficient (Wildman–Crippen LogP) is 7.59. The summed E-state index contributed by atoms with van der Waals surface area (Å²) < 4.78 is 33.6. The Hall–Kier alpha value is -4.49. The van der Waals surface area contributed by atoms with E-state index in [0.717, 1.165) is 93.5 Å². The maximum atomic E-state index is 15.3. The molecule has 59 heavy (non-hydrogen) atoms. The number of fused-ring (bicyclic) bond motifs is 7. The molecule has 3 aromatic carbocycles. The van der Waals surface area contributed by atoms with Crippen LogP contribution in [-0.4, -0.2) is 82.9 Å². The number of benzene rings is 3. The van der Waals surface area contributed by atoms with Gasteiger partial charge in [0.2, 0.25) is 17.7 Å². The second kappa shape index (κ2) is 15.2. The first-order valence-corrected chi connectivity index (χ1v) is 22.4. The molecule has 13 heteroatoms. The van der Waals surface area contributed by atoms with Crippen molar-refractivity contribution < 1.29 is 23.2 Å². The van der Waals surface area contributed by atoms with Gasteiger partial charge in [-0.15, -0.1) is 0 Å². The quantitative estimate of drug-likeness (QED) is 0.184. The highest BCUT2D eigenvalue weighted by Crippen LogP contribution is 2.52. The van der Waals surface area contributed by atoms with Crippen LogP contribution < -0.4 is 15.4 Å². The van der Waals surface area contributed by atoms with Crippen molar-refractivity contribution in [3.63, 3.8) is 0 Å². The third-order valence-corrected chi connectivity index (χ3v) is 15.0. The molecule has 1 aliphatic carbocycles. The van der Waals surface area contributed by atoms with Crippen LogP contribution in [0.4, 0.5) is 20.2 Å². The van der Waals surface area contributed by atoms with Gasteiger partial charge in [0, 0.05) is 55.7 Å². The third kappa shape index (κ3) is 6.61. The fraction of sp³-hybridized carbons (Fsp3) is 0.500. The van der Waals surface area contributed by atoms with E-state index in [-0.39, 0.29) is 35.6 Å². The van der Waals surface area contributed by atoms with Crippen LogP contribution in [0, 0.1) is 23.5 Å². The minimum absolute atomic E-state index is 0.0753. The predicted molar refractivity (Wildman–Crippen MR) is 225 cm³/mol. The van der Waals surface area contributed by atoms with Gasteiger partial charge in [-0.3, -0.25) is 23.7 Å². The zero-order chi connectivity index (χ0) is 40.6. The minimum atomic E-state index is -0.950. The Bertz CT molecular complexity index is 2400. The van der Waals surface area contributed by atoms with Crippen LogP contribution in [-0.2, 0) is 19.8 Å². The number of carbonyl (C=O) groups is 3. The van der Waals surface area contributed by atoms with Gasteiger partial charge >= 0.3 is 0 Å². The lowest BCUT2D eigenvalue weighted by Crippen LogP contribution is -2.41. The first-order valence-electron chi connectivity index (χ1n) is 21.6. The zero-order valence-electron chi connectivity index (χ0n) is 33.2. The van der Waals surface area contributed by atoms with E-state index < -0.39 is 29.1 Å². The topological polar surface area (TPSA) is 99.1 Å². The molecule has 6 aliphatic rings. The zero-order valence-corrected chi connectivity index (χ0v) is 34.8. The smallest absolute Gasteiger partial charge is 0.281 e. The molecule has 4 saturated heterocycles. The average Bonchev–Trinajstić information content (AvgIpc) is 3.97. The summed E-state index contributed by atoms with van der Waals surface area (Å²) >= 11 is 3.64. The van der Waals surface area contributed by atoms with Crippen LogP contribution in [0.2, 0.25) is 0 Å². The number of imide groups is 1. The van der Waals surface area contributed by atoms with E-state index in [1.165, 1.54) is 35.4 Å². The van der Waals surface area contributed by atoms with Gasteiger partial charge in [0.1, 0.15) is 11.5 Å². The van der Waals surface area contributed by atoms with Gasteiger partial charge in [-0.1, -0.05) is 37.5 Å². The van der Waals surface area contributed by atoms with Crippen molar-refractivity contribution in [3.8, 4) is 5.69 Å². The molecule has 3 amide bonds. The summed E-state index contributed by atoms with van der Waals surface area (Å²) in [5.74, 6) is -1.50. The van der Waals surface area contributed by atoms with Crippen molar-refractivity contribution in [2.45, 2.75) is 88.4 Å². The molecule has 308 valence electrons. The summed E-state index contributed by atoms with van der Waals surface area (Å²) in [6.07, 6.45) is 9.71. The van der Waals surface area contributed by atoms with E-state index in [2.05, 4.69) is 49.7 Å². The van der Waals surface area contributed by atoms with Gasteiger partial charge in [0.05, 0.1) is 27.9 Å². The largest absolute Gasteiger partial charge is 0.371 e. The number of piperidine rings is 2. The SMILES string of the molecule is O=C([C@@H]1CCN(c2cc(F)c(N3C(=O)CCCC3=O)c(F)c2)C1)N1CC[C@@H](CN2CCC(c3ccc4c(c3)-n3c(nc(=O)c5c(Br)cccc53)C43CCCCC3)CC2)C1. The Morgan fingerprint density at radius 2 is 1.58 bits per heavy atom. The van der Waals surface area contributed by atoms with E-state index in [0.29, 0.717) is 53.7 Å². The molecule has 0 N–H and O–H groups in total. The molecule has 0 radical (unpaired) electrons. The Morgan fingerprint density at radius 3 is 2.32 bits per heavy atom. The summed E-state index contributed by atoms with van der Waals surface area (Å²) in [5.41, 5.74) is 4.08. The normalized spacial score (nSPS) is 23.5. The molecule has 10 rings (SSSR count). The van der Waals surface area contributed by atoms with Gasteiger partial charge < -0.3 is 14.7 Å². The van der Waals surface area contributed by atoms with Crippen molar-refractivity contribution in [1.82, 2.24) is 19.4 Å². The maximum Gasteiger partial charge on any atom is 0.281 e. The second-order valence-electron chi connectivity index (χ2n) is 17.8. The van der Waals surface area contributed by atoms with E-state index in [1.807, 2.05) is 21.9 Å². The van der Waals surface area contributed by atoms with E-state index in [1.54, 1.807) is 0 Å². The first-order chi connectivity index (χ1) is 28.6. The molecule has 4 aromatic rings. The van der Waals surface area contributed by atoms with Crippen LogP contribution in [0.25, 0.3) is 16.6 Å². The van der Waals surface area contributed by atoms with Crippen molar-refractivity contribution in [2.75, 3.05) is 55.6 Å². The van der Waals surface area contributed by atoms with Crippen molar-refractivity contribution in [3.05, 3.63) is 91.9 Å². The Balaban J connectivity index is 0.767. The summed E-state index contributed by atoms with van der Waals surface area (Å²) in [6.45, 7) is 5.25. The van der Waals surface area contributed by atoms with Crippen LogP contribution >= 0.6 is 15.9 Å². The number of aromatic nitrogens is 2. The lowest BCUT2D eigenvalue weighted by molar-refractivity contribution is -0.134. The standard InChI is InChI=1S/C46H49BrF2N6O4/c47-34-6-4-7-37-41(34)43(58)50-45-46(16-2-1-3-17-46)33-11-10-30(22-38(33)54(37)45)29-13-18-51(19-14-29)25-28-12-20-53(26-28)44(59)31-15-21-52(27-31)32-23-35(48)42(36(49)24-32)55-39(56)8-5-9-40(55)57/h4,6-7,10-11,22-24,28-29,31H,1-3,5,8-9,12-21,25-27H2/t28-,31+/m0/s1. The Kier molecular flexibility index (Phi) is 9.97. The molecule has 10 nitrogen and oxygen atoms in total. The van der Waals surface area contributed by atoms with Crippen molar-refractivity contribution in [1.29, 1.82) is 0 Å². The fourth-order valence-electron chi connectivity index (χ4n) is 11.4. The number of hydrogen-bond acceptors (Lipinski definition) is 7. The number of nitrogens with zero attached hydrogens (tertiary/aromatic N) is 6. The molecule has 1 aromatic heterocycles. The van der Waals surface area contributed by atoms with Crippen LogP contribution in [0.15, 0.2) is 57.8 Å². The lowest BCUT2D eigenvalue weighted by Gasteiger charge is -2.35. The molecule has 5 aliphatic heterocycles. The van der Waals surface area contributed by atoms with Crippen LogP contribution in [0.5, 0.6) is 0 Å². The van der Waals surface area contributed by atoms with Gasteiger partial charge in [-0.2, -0.15) is 4.98 Å². The summed E-state index contributed by atoms with van der Waals surface area (Å²) in [6, 6.07) is 15.4. The van der Waals surface area contributed by atoms with Gasteiger partial charge in [-0.25, -0.2) is 13.7 Å². The van der Waals surface area contributed by atoms with Gasteiger partial charge in [0.25, 0.3) is 5.56 Å². The summed E-state index contributed by atoms with van der Waals surface area (Å²) in [4.78, 5) is 63.7. The van der Waals surface area contributed by atoms with E-state index >= 15 is 8.78 Å². The number of amides is 3. The molecule has 1 spiro atoms. The summed E-state index contributed by atoms with van der Waals surface area (Å²) in [5, 5.41) is 0.634. The van der Waals surface area contributed by atoms with Gasteiger partial charge in [-0.05, 0) is 127 Å². The third-order valence-electron chi connectivity index (χ3n) is 14.4. The van der Waals surface area contributed by atoms with E-state index in [4.69, 9.17) is 4.98 Å². The lowest BCUT2D eigenvalue weighted by atomic mass is 9.69. The first kappa shape index (κ1) is 38.7. The molecule has 2 atom stereocenters. The van der Waals surface area contributed by atoms with Crippen LogP contribution in [0.1, 0.15) is 99.9 Å². The van der Waals surface area contributed by atoms with Crippen LogP contribution in [0.3, 0.4) is 0 Å². The number of carbonyl (C=O) groups excluding carboxylic acids is 3. The second-order valence-corrected chi connectivity index (χ2v) is 18.7. The number of hydrogen-bond donors (Lipinski definition) is 0. The monoisotopic (exact) mass is 866 g/mol. The Labute approximate surface area is 350 Å². The molecular weight excluding hydrogens is 818 g/mol. The highest BCUT2D eigenvalue weighted by molar-refractivity contribution is 9.10.